The Morgan fingerprint density at radius 1 is 1.35 bits per heavy atom. The van der Waals surface area contributed by atoms with E-state index in [1.165, 1.54) is 11.6 Å². The van der Waals surface area contributed by atoms with Crippen molar-refractivity contribution in [1.29, 1.82) is 0 Å². The standard InChI is InChI=1S/C11H12N4O2/c1-8(16)11-12-13-14-15(11)7-9-3-5-10(17-2)6-4-9/h3-6H,7H2,1-2H3. The van der Waals surface area contributed by atoms with Crippen LogP contribution in [-0.2, 0) is 6.54 Å². The molecular weight excluding hydrogens is 220 g/mol. The van der Waals surface area contributed by atoms with Crippen molar-refractivity contribution in [3.63, 3.8) is 0 Å². The number of benzene rings is 1. The topological polar surface area (TPSA) is 69.9 Å². The number of rotatable bonds is 4. The van der Waals surface area contributed by atoms with E-state index in [1.54, 1.807) is 7.11 Å². The Bertz CT molecular complexity index is 519. The Morgan fingerprint density at radius 3 is 2.65 bits per heavy atom. The van der Waals surface area contributed by atoms with Gasteiger partial charge in [-0.15, -0.1) is 5.10 Å². The second kappa shape index (κ2) is 4.73. The van der Waals surface area contributed by atoms with E-state index < -0.39 is 0 Å². The molecule has 6 heteroatoms. The molecule has 0 unspecified atom stereocenters. The van der Waals surface area contributed by atoms with Gasteiger partial charge in [0.2, 0.25) is 5.82 Å². The predicted octanol–water partition coefficient (Wildman–Crippen LogP) is 0.933. The number of hydrogen-bond donors (Lipinski definition) is 0. The van der Waals surface area contributed by atoms with Crippen molar-refractivity contribution >= 4 is 5.78 Å². The van der Waals surface area contributed by atoms with Crippen molar-refractivity contribution in [2.24, 2.45) is 0 Å². The molecule has 0 fully saturated rings. The molecule has 0 atom stereocenters. The Labute approximate surface area is 98.2 Å². The molecule has 0 aliphatic rings. The summed E-state index contributed by atoms with van der Waals surface area (Å²) < 4.78 is 6.54. The molecule has 0 saturated carbocycles. The number of ketones is 1. The highest BCUT2D eigenvalue weighted by Crippen LogP contribution is 2.12. The molecule has 1 aromatic carbocycles. The number of aromatic nitrogens is 4. The molecule has 0 aliphatic carbocycles. The molecule has 17 heavy (non-hydrogen) atoms. The van der Waals surface area contributed by atoms with Crippen LogP contribution in [-0.4, -0.2) is 33.1 Å². The number of nitrogens with zero attached hydrogens (tertiary/aromatic N) is 4. The van der Waals surface area contributed by atoms with Crippen LogP contribution in [0.1, 0.15) is 23.1 Å². The van der Waals surface area contributed by atoms with Gasteiger partial charge in [0.05, 0.1) is 13.7 Å². The van der Waals surface area contributed by atoms with Gasteiger partial charge in [-0.05, 0) is 28.1 Å². The van der Waals surface area contributed by atoms with Crippen LogP contribution in [0.5, 0.6) is 5.75 Å². The molecule has 1 heterocycles. The summed E-state index contributed by atoms with van der Waals surface area (Å²) in [4.78, 5) is 11.2. The molecule has 88 valence electrons. The van der Waals surface area contributed by atoms with Crippen LogP contribution in [0.15, 0.2) is 24.3 Å². The largest absolute Gasteiger partial charge is 0.497 e. The maximum absolute atomic E-state index is 11.2. The number of hydrogen-bond acceptors (Lipinski definition) is 5. The normalized spacial score (nSPS) is 10.2. The number of Topliss-reactive ketones (excluding diaryl/α,β-unsaturated/α-hetero) is 1. The summed E-state index contributed by atoms with van der Waals surface area (Å²) >= 11 is 0. The first-order valence-electron chi connectivity index (χ1n) is 5.10. The van der Waals surface area contributed by atoms with Gasteiger partial charge in [0.15, 0.2) is 5.78 Å². The summed E-state index contributed by atoms with van der Waals surface area (Å²) in [5.41, 5.74) is 1.00. The van der Waals surface area contributed by atoms with Gasteiger partial charge < -0.3 is 4.74 Å². The fourth-order valence-electron chi connectivity index (χ4n) is 1.47. The number of ether oxygens (including phenoxy) is 1. The van der Waals surface area contributed by atoms with Crippen molar-refractivity contribution < 1.29 is 9.53 Å². The zero-order valence-corrected chi connectivity index (χ0v) is 9.62. The summed E-state index contributed by atoms with van der Waals surface area (Å²) in [6, 6.07) is 7.52. The average Bonchev–Trinajstić information content (AvgIpc) is 2.78. The van der Waals surface area contributed by atoms with Gasteiger partial charge in [-0.1, -0.05) is 12.1 Å². The van der Waals surface area contributed by atoms with Gasteiger partial charge in [-0.2, -0.15) is 0 Å². The van der Waals surface area contributed by atoms with Crippen LogP contribution in [0.3, 0.4) is 0 Å². The van der Waals surface area contributed by atoms with Crippen LogP contribution in [0, 0.1) is 0 Å². The Hall–Kier alpha value is -2.24. The molecule has 0 spiro atoms. The first kappa shape index (κ1) is 11.3. The van der Waals surface area contributed by atoms with E-state index in [2.05, 4.69) is 15.5 Å². The minimum atomic E-state index is -0.150. The molecule has 2 rings (SSSR count). The van der Waals surface area contributed by atoms with Gasteiger partial charge in [0, 0.05) is 6.92 Å². The van der Waals surface area contributed by atoms with Crippen LogP contribution in [0.4, 0.5) is 0 Å². The molecule has 0 N–H and O–H groups in total. The first-order valence-corrected chi connectivity index (χ1v) is 5.10. The van der Waals surface area contributed by atoms with E-state index in [-0.39, 0.29) is 11.6 Å². The highest BCUT2D eigenvalue weighted by atomic mass is 16.5. The summed E-state index contributed by atoms with van der Waals surface area (Å²) in [7, 11) is 1.62. The fraction of sp³-hybridized carbons (Fsp3) is 0.273. The minimum Gasteiger partial charge on any atom is -0.497 e. The highest BCUT2D eigenvalue weighted by Gasteiger charge is 2.10. The lowest BCUT2D eigenvalue weighted by Crippen LogP contribution is -2.10. The highest BCUT2D eigenvalue weighted by molar-refractivity contribution is 5.90. The molecule has 6 nitrogen and oxygen atoms in total. The zero-order chi connectivity index (χ0) is 12.3. The van der Waals surface area contributed by atoms with E-state index in [1.807, 2.05) is 24.3 Å². The number of carbonyl (C=O) groups excluding carboxylic acids is 1. The Morgan fingerprint density at radius 2 is 2.06 bits per heavy atom. The van der Waals surface area contributed by atoms with Crippen LogP contribution < -0.4 is 4.74 Å². The van der Waals surface area contributed by atoms with Gasteiger partial charge >= 0.3 is 0 Å². The molecule has 1 aromatic heterocycles. The van der Waals surface area contributed by atoms with E-state index in [9.17, 15) is 4.79 Å². The van der Waals surface area contributed by atoms with E-state index in [4.69, 9.17) is 4.74 Å². The lowest BCUT2D eigenvalue weighted by molar-refractivity contribution is 0.0998. The lowest BCUT2D eigenvalue weighted by atomic mass is 10.2. The van der Waals surface area contributed by atoms with Gasteiger partial charge in [-0.3, -0.25) is 4.79 Å². The zero-order valence-electron chi connectivity index (χ0n) is 9.62. The minimum absolute atomic E-state index is 0.150. The number of methoxy groups -OCH3 is 1. The van der Waals surface area contributed by atoms with Crippen LogP contribution in [0.25, 0.3) is 0 Å². The smallest absolute Gasteiger partial charge is 0.218 e. The van der Waals surface area contributed by atoms with Crippen LogP contribution in [0.2, 0.25) is 0 Å². The summed E-state index contributed by atoms with van der Waals surface area (Å²) in [5, 5.41) is 10.9. The second-order valence-electron chi connectivity index (χ2n) is 3.56. The second-order valence-corrected chi connectivity index (χ2v) is 3.56. The monoisotopic (exact) mass is 232 g/mol. The third kappa shape index (κ3) is 2.47. The van der Waals surface area contributed by atoms with E-state index in [0.29, 0.717) is 6.54 Å². The SMILES string of the molecule is COc1ccc(Cn2nnnc2C(C)=O)cc1. The van der Waals surface area contributed by atoms with Gasteiger partial charge in [-0.25, -0.2) is 4.68 Å². The van der Waals surface area contributed by atoms with Crippen molar-refractivity contribution in [2.75, 3.05) is 7.11 Å². The van der Waals surface area contributed by atoms with Gasteiger partial charge in [0.1, 0.15) is 5.75 Å². The summed E-state index contributed by atoms with van der Waals surface area (Å²) in [6.45, 7) is 1.90. The van der Waals surface area contributed by atoms with Crippen molar-refractivity contribution in [2.45, 2.75) is 13.5 Å². The van der Waals surface area contributed by atoms with Crippen molar-refractivity contribution in [3.05, 3.63) is 35.7 Å². The van der Waals surface area contributed by atoms with Gasteiger partial charge in [0.25, 0.3) is 0 Å². The molecule has 0 bridgehead atoms. The molecular formula is C11H12N4O2. The average molecular weight is 232 g/mol. The molecule has 2 aromatic rings. The maximum Gasteiger partial charge on any atom is 0.218 e. The molecule has 0 saturated heterocycles. The van der Waals surface area contributed by atoms with Crippen molar-refractivity contribution in [1.82, 2.24) is 20.2 Å². The predicted molar refractivity (Wildman–Crippen MR) is 59.9 cm³/mol. The quantitative estimate of drug-likeness (QED) is 0.733. The van der Waals surface area contributed by atoms with Crippen molar-refractivity contribution in [3.8, 4) is 5.75 Å². The third-order valence-electron chi connectivity index (χ3n) is 2.34. The molecule has 0 amide bonds. The maximum atomic E-state index is 11.2. The fourth-order valence-corrected chi connectivity index (χ4v) is 1.47. The van der Waals surface area contributed by atoms with E-state index in [0.717, 1.165) is 11.3 Å². The van der Waals surface area contributed by atoms with E-state index >= 15 is 0 Å². The number of carbonyl (C=O) groups is 1. The number of tetrazole rings is 1. The lowest BCUT2D eigenvalue weighted by Gasteiger charge is -2.04. The third-order valence-corrected chi connectivity index (χ3v) is 2.34. The molecule has 0 aliphatic heterocycles. The first-order chi connectivity index (χ1) is 8.20. The summed E-state index contributed by atoms with van der Waals surface area (Å²) in [5.74, 6) is 0.904. The summed E-state index contributed by atoms with van der Waals surface area (Å²) in [6.07, 6.45) is 0. The molecule has 0 radical (unpaired) electrons. The Balaban J connectivity index is 2.19. The van der Waals surface area contributed by atoms with Crippen LogP contribution >= 0.6 is 0 Å². The Kier molecular flexibility index (Phi) is 3.13.